The number of hydrogen-bond acceptors (Lipinski definition) is 4. The molecule has 1 aliphatic carbocycles. The number of non-ortho nitro benzene ring substituents is 1. The lowest BCUT2D eigenvalue weighted by Gasteiger charge is -2.17. The Morgan fingerprint density at radius 2 is 1.87 bits per heavy atom. The van der Waals surface area contributed by atoms with Crippen LogP contribution in [0.3, 0.4) is 0 Å². The zero-order valence-electron chi connectivity index (χ0n) is 12.4. The molecule has 116 valence electrons. The molecule has 0 saturated heterocycles. The molecule has 2 aromatic rings. The van der Waals surface area contributed by atoms with Crippen molar-refractivity contribution < 1.29 is 9.72 Å². The first-order chi connectivity index (χ1) is 11.1. The predicted octanol–water partition coefficient (Wildman–Crippen LogP) is 2.87. The first-order valence-corrected chi connectivity index (χ1v) is 7.30. The summed E-state index contributed by atoms with van der Waals surface area (Å²) in [5.41, 5.74) is 6.05. The molecule has 0 aliphatic heterocycles. The van der Waals surface area contributed by atoms with Gasteiger partial charge in [0.25, 0.3) is 11.6 Å². The van der Waals surface area contributed by atoms with Crippen molar-refractivity contribution in [3.05, 3.63) is 75.3 Å². The summed E-state index contributed by atoms with van der Waals surface area (Å²) >= 11 is 0. The standard InChI is InChI=1S/C17H15N3O3/c21-17(14-6-3-7-16(11-14)20(22)23)19-18-15-9-8-12-4-1-2-5-13(12)10-15/h1-7,11H,8-10H2,(H,19,21)/b18-15-. The molecule has 1 aliphatic rings. The summed E-state index contributed by atoms with van der Waals surface area (Å²) < 4.78 is 0. The van der Waals surface area contributed by atoms with Crippen molar-refractivity contribution in [2.75, 3.05) is 0 Å². The number of carbonyl (C=O) groups excluding carboxylic acids is 1. The highest BCUT2D eigenvalue weighted by Crippen LogP contribution is 2.19. The Balaban J connectivity index is 1.70. The number of nitro groups is 1. The molecule has 0 unspecified atom stereocenters. The van der Waals surface area contributed by atoms with Crippen LogP contribution >= 0.6 is 0 Å². The fourth-order valence-corrected chi connectivity index (χ4v) is 2.61. The number of rotatable bonds is 3. The molecule has 0 aromatic heterocycles. The van der Waals surface area contributed by atoms with Crippen molar-refractivity contribution >= 4 is 17.3 Å². The van der Waals surface area contributed by atoms with Gasteiger partial charge in [-0.1, -0.05) is 30.3 Å². The normalized spacial score (nSPS) is 15.0. The highest BCUT2D eigenvalue weighted by atomic mass is 16.6. The van der Waals surface area contributed by atoms with E-state index in [1.807, 2.05) is 12.1 Å². The molecular weight excluding hydrogens is 294 g/mol. The van der Waals surface area contributed by atoms with Gasteiger partial charge in [0.2, 0.25) is 0 Å². The number of nitrogens with zero attached hydrogens (tertiary/aromatic N) is 2. The maximum absolute atomic E-state index is 12.1. The number of carbonyl (C=O) groups is 1. The number of fused-ring (bicyclic) bond motifs is 1. The minimum atomic E-state index is -0.527. The third kappa shape index (κ3) is 3.42. The minimum Gasteiger partial charge on any atom is -0.267 e. The highest BCUT2D eigenvalue weighted by Gasteiger charge is 2.15. The van der Waals surface area contributed by atoms with Crippen molar-refractivity contribution in [1.82, 2.24) is 5.43 Å². The lowest BCUT2D eigenvalue weighted by molar-refractivity contribution is -0.384. The van der Waals surface area contributed by atoms with Crippen LogP contribution in [0.5, 0.6) is 0 Å². The SMILES string of the molecule is O=C(N/N=C1/CCc2ccccc2C1)c1cccc([N+](=O)[O-])c1. The number of benzene rings is 2. The second-order valence-electron chi connectivity index (χ2n) is 5.37. The number of nitrogens with one attached hydrogen (secondary N) is 1. The van der Waals surface area contributed by atoms with Gasteiger partial charge in [-0.3, -0.25) is 14.9 Å². The van der Waals surface area contributed by atoms with Crippen molar-refractivity contribution in [2.45, 2.75) is 19.3 Å². The summed E-state index contributed by atoms with van der Waals surface area (Å²) in [5, 5.41) is 14.9. The van der Waals surface area contributed by atoms with E-state index in [1.165, 1.54) is 35.4 Å². The van der Waals surface area contributed by atoms with Crippen molar-refractivity contribution in [1.29, 1.82) is 0 Å². The molecule has 6 nitrogen and oxygen atoms in total. The molecule has 0 bridgehead atoms. The van der Waals surface area contributed by atoms with Gasteiger partial charge in [0.05, 0.1) is 4.92 Å². The summed E-state index contributed by atoms with van der Waals surface area (Å²) in [4.78, 5) is 22.3. The van der Waals surface area contributed by atoms with E-state index in [0.29, 0.717) is 6.42 Å². The van der Waals surface area contributed by atoms with Crippen molar-refractivity contribution in [3.63, 3.8) is 0 Å². The minimum absolute atomic E-state index is 0.114. The smallest absolute Gasteiger partial charge is 0.267 e. The molecule has 23 heavy (non-hydrogen) atoms. The maximum atomic E-state index is 12.1. The van der Waals surface area contributed by atoms with Gasteiger partial charge >= 0.3 is 0 Å². The Hall–Kier alpha value is -3.02. The fourth-order valence-electron chi connectivity index (χ4n) is 2.61. The summed E-state index contributed by atoms with van der Waals surface area (Å²) in [6, 6.07) is 13.8. The predicted molar refractivity (Wildman–Crippen MR) is 86.5 cm³/mol. The number of hydrazone groups is 1. The van der Waals surface area contributed by atoms with Crippen LogP contribution in [0.4, 0.5) is 5.69 Å². The van der Waals surface area contributed by atoms with Gasteiger partial charge < -0.3 is 0 Å². The summed E-state index contributed by atoms with van der Waals surface area (Å²) in [5.74, 6) is -0.444. The molecule has 0 atom stereocenters. The third-order valence-corrected chi connectivity index (χ3v) is 3.83. The van der Waals surface area contributed by atoms with E-state index in [-0.39, 0.29) is 11.3 Å². The number of amides is 1. The summed E-state index contributed by atoms with van der Waals surface area (Å²) in [6.07, 6.45) is 2.42. The summed E-state index contributed by atoms with van der Waals surface area (Å²) in [7, 11) is 0. The van der Waals surface area contributed by atoms with E-state index >= 15 is 0 Å². The van der Waals surface area contributed by atoms with Crippen LogP contribution in [0, 0.1) is 10.1 Å². The number of hydrogen-bond donors (Lipinski definition) is 1. The molecule has 6 heteroatoms. The van der Waals surface area contributed by atoms with Gasteiger partial charge in [0.1, 0.15) is 0 Å². The van der Waals surface area contributed by atoms with Crippen molar-refractivity contribution in [3.8, 4) is 0 Å². The first kappa shape index (κ1) is 14.9. The second kappa shape index (κ2) is 6.39. The van der Waals surface area contributed by atoms with E-state index in [0.717, 1.165) is 18.6 Å². The van der Waals surface area contributed by atoms with E-state index < -0.39 is 10.8 Å². The van der Waals surface area contributed by atoms with Crippen LogP contribution in [0.1, 0.15) is 27.9 Å². The van der Waals surface area contributed by atoms with Gasteiger partial charge in [-0.2, -0.15) is 5.10 Å². The van der Waals surface area contributed by atoms with Gasteiger partial charge in [-0.05, 0) is 30.0 Å². The zero-order valence-corrected chi connectivity index (χ0v) is 12.4. The second-order valence-corrected chi connectivity index (χ2v) is 5.37. The van der Waals surface area contributed by atoms with Crippen LogP contribution in [0.15, 0.2) is 53.6 Å². The monoisotopic (exact) mass is 309 g/mol. The molecule has 2 aromatic carbocycles. The molecule has 3 rings (SSSR count). The Labute approximate surface area is 133 Å². The van der Waals surface area contributed by atoms with Crippen LogP contribution in [0.2, 0.25) is 0 Å². The van der Waals surface area contributed by atoms with Crippen LogP contribution in [-0.4, -0.2) is 16.5 Å². The van der Waals surface area contributed by atoms with E-state index in [4.69, 9.17) is 0 Å². The van der Waals surface area contributed by atoms with Gasteiger partial charge in [0, 0.05) is 29.8 Å². The van der Waals surface area contributed by atoms with Crippen LogP contribution < -0.4 is 5.43 Å². The highest BCUT2D eigenvalue weighted by molar-refractivity contribution is 5.96. The fraction of sp³-hybridized carbons (Fsp3) is 0.176. The Morgan fingerprint density at radius 3 is 2.65 bits per heavy atom. The number of aryl methyl sites for hydroxylation is 1. The van der Waals surface area contributed by atoms with Crippen LogP contribution in [0.25, 0.3) is 0 Å². The number of nitro benzene ring substituents is 1. The average molecular weight is 309 g/mol. The van der Waals surface area contributed by atoms with Gasteiger partial charge in [-0.25, -0.2) is 5.43 Å². The molecule has 0 fully saturated rings. The van der Waals surface area contributed by atoms with E-state index in [1.54, 1.807) is 0 Å². The zero-order chi connectivity index (χ0) is 16.2. The molecule has 0 radical (unpaired) electrons. The summed E-state index contributed by atoms with van der Waals surface area (Å²) in [6.45, 7) is 0. The maximum Gasteiger partial charge on any atom is 0.271 e. The Kier molecular flexibility index (Phi) is 4.14. The first-order valence-electron chi connectivity index (χ1n) is 7.30. The van der Waals surface area contributed by atoms with Crippen molar-refractivity contribution in [2.24, 2.45) is 5.10 Å². The van der Waals surface area contributed by atoms with Gasteiger partial charge in [0.15, 0.2) is 0 Å². The molecule has 0 spiro atoms. The Morgan fingerprint density at radius 1 is 1.09 bits per heavy atom. The van der Waals surface area contributed by atoms with E-state index in [9.17, 15) is 14.9 Å². The lowest BCUT2D eigenvalue weighted by atomic mass is 9.90. The molecule has 1 amide bonds. The lowest BCUT2D eigenvalue weighted by Crippen LogP contribution is -2.22. The van der Waals surface area contributed by atoms with E-state index in [2.05, 4.69) is 22.7 Å². The quantitative estimate of drug-likeness (QED) is 0.699. The Bertz CT molecular complexity index is 799. The van der Waals surface area contributed by atoms with Gasteiger partial charge in [-0.15, -0.1) is 0 Å². The average Bonchev–Trinajstić information content (AvgIpc) is 2.59. The molecule has 0 heterocycles. The van der Waals surface area contributed by atoms with Crippen LogP contribution in [-0.2, 0) is 12.8 Å². The third-order valence-electron chi connectivity index (χ3n) is 3.83. The molecule has 0 saturated carbocycles. The largest absolute Gasteiger partial charge is 0.271 e. The molecule has 1 N–H and O–H groups in total. The molecular formula is C17H15N3O3. The topological polar surface area (TPSA) is 84.6 Å².